The lowest BCUT2D eigenvalue weighted by Gasteiger charge is -2.09. The molecule has 0 aliphatic heterocycles. The van der Waals surface area contributed by atoms with Crippen molar-refractivity contribution in [3.05, 3.63) is 146 Å². The maximum atomic E-state index is 6.44. The van der Waals surface area contributed by atoms with Crippen LogP contribution in [0.2, 0.25) is 0 Å². The van der Waals surface area contributed by atoms with E-state index < -0.39 is 0 Å². The zero-order valence-corrected chi connectivity index (χ0v) is 24.4. The molecule has 3 nitrogen and oxygen atoms in total. The van der Waals surface area contributed by atoms with Gasteiger partial charge in [-0.3, -0.25) is 0 Å². The minimum atomic E-state index is 0.677. The van der Waals surface area contributed by atoms with Crippen molar-refractivity contribution in [1.29, 1.82) is 0 Å². The molecular formula is C40H24N2OS. The summed E-state index contributed by atoms with van der Waals surface area (Å²) in [6.07, 6.45) is 0. The highest BCUT2D eigenvalue weighted by molar-refractivity contribution is 7.26. The number of aromatic nitrogens is 2. The van der Waals surface area contributed by atoms with E-state index in [2.05, 4.69) is 121 Å². The zero-order valence-electron chi connectivity index (χ0n) is 23.6. The van der Waals surface area contributed by atoms with E-state index in [-0.39, 0.29) is 0 Å². The summed E-state index contributed by atoms with van der Waals surface area (Å²) < 4.78 is 9.03. The van der Waals surface area contributed by atoms with Crippen LogP contribution in [0.3, 0.4) is 0 Å². The van der Waals surface area contributed by atoms with Crippen LogP contribution in [-0.2, 0) is 0 Å². The van der Waals surface area contributed by atoms with Crippen LogP contribution in [0.15, 0.2) is 150 Å². The van der Waals surface area contributed by atoms with Crippen molar-refractivity contribution in [1.82, 2.24) is 9.97 Å². The van der Waals surface area contributed by atoms with E-state index in [9.17, 15) is 0 Å². The molecule has 0 saturated heterocycles. The lowest BCUT2D eigenvalue weighted by Crippen LogP contribution is -1.94. The molecule has 3 heterocycles. The number of furan rings is 1. The smallest absolute Gasteiger partial charge is 0.180 e. The number of thiophene rings is 1. The summed E-state index contributed by atoms with van der Waals surface area (Å²) in [7, 11) is 0. The largest absolute Gasteiger partial charge is 0.452 e. The summed E-state index contributed by atoms with van der Waals surface area (Å²) >= 11 is 1.85. The number of benzene rings is 6. The predicted molar refractivity (Wildman–Crippen MR) is 184 cm³/mol. The van der Waals surface area contributed by atoms with Crippen LogP contribution in [0.1, 0.15) is 0 Å². The Hall–Kier alpha value is -5.58. The van der Waals surface area contributed by atoms with E-state index in [0.29, 0.717) is 11.4 Å². The Morgan fingerprint density at radius 2 is 1.14 bits per heavy atom. The molecule has 0 aliphatic rings. The van der Waals surface area contributed by atoms with Gasteiger partial charge in [0.15, 0.2) is 11.4 Å². The fraction of sp³-hybridized carbons (Fsp3) is 0. The van der Waals surface area contributed by atoms with Crippen molar-refractivity contribution in [2.45, 2.75) is 0 Å². The van der Waals surface area contributed by atoms with E-state index in [1.54, 1.807) is 0 Å². The summed E-state index contributed by atoms with van der Waals surface area (Å²) in [6, 6.07) is 50.8. The Balaban J connectivity index is 1.23. The number of para-hydroxylation sites is 1. The molecule has 206 valence electrons. The standard InChI is InChI=1S/C40H24N2OS/c1-2-10-25(11-3-1)26-20-22-27(23-21-26)40-41-36(38-37(42-40)33-15-4-6-18-34(33)43-38)29-13-8-12-28(24-29)30-16-9-17-32-31-14-5-7-19-35(31)44-39(30)32/h1-24H. The minimum absolute atomic E-state index is 0.677. The van der Waals surface area contributed by atoms with Gasteiger partial charge in [0, 0.05) is 36.7 Å². The predicted octanol–water partition coefficient (Wildman–Crippen LogP) is 11.4. The molecule has 0 saturated carbocycles. The van der Waals surface area contributed by atoms with Gasteiger partial charge in [-0.25, -0.2) is 9.97 Å². The molecule has 0 aliphatic carbocycles. The molecule has 0 bridgehead atoms. The summed E-state index contributed by atoms with van der Waals surface area (Å²) in [5.74, 6) is 0.677. The first-order valence-corrected chi connectivity index (χ1v) is 15.5. The number of rotatable bonds is 4. The van der Waals surface area contributed by atoms with E-state index in [1.165, 1.54) is 31.3 Å². The van der Waals surface area contributed by atoms with E-state index >= 15 is 0 Å². The van der Waals surface area contributed by atoms with E-state index in [0.717, 1.165) is 44.4 Å². The van der Waals surface area contributed by atoms with Gasteiger partial charge >= 0.3 is 0 Å². The highest BCUT2D eigenvalue weighted by Crippen LogP contribution is 2.41. The van der Waals surface area contributed by atoms with Gasteiger partial charge in [0.2, 0.25) is 0 Å². The average Bonchev–Trinajstić information content (AvgIpc) is 3.67. The van der Waals surface area contributed by atoms with Gasteiger partial charge in [-0.1, -0.05) is 121 Å². The van der Waals surface area contributed by atoms with Gasteiger partial charge in [-0.15, -0.1) is 11.3 Å². The number of hydrogen-bond acceptors (Lipinski definition) is 4. The molecule has 0 unspecified atom stereocenters. The fourth-order valence-corrected chi connectivity index (χ4v) is 7.40. The van der Waals surface area contributed by atoms with Gasteiger partial charge in [0.1, 0.15) is 16.8 Å². The fourth-order valence-electron chi connectivity index (χ4n) is 6.17. The molecule has 0 fully saturated rings. The van der Waals surface area contributed by atoms with Crippen LogP contribution >= 0.6 is 11.3 Å². The van der Waals surface area contributed by atoms with E-state index in [1.807, 2.05) is 35.6 Å². The van der Waals surface area contributed by atoms with Crippen molar-refractivity contribution in [3.8, 4) is 44.9 Å². The molecule has 0 atom stereocenters. The molecule has 3 aromatic heterocycles. The molecule has 6 aromatic carbocycles. The molecule has 9 rings (SSSR count). The molecule has 44 heavy (non-hydrogen) atoms. The second kappa shape index (κ2) is 10.0. The second-order valence-electron chi connectivity index (χ2n) is 11.0. The van der Waals surface area contributed by atoms with Crippen molar-refractivity contribution < 1.29 is 4.42 Å². The zero-order chi connectivity index (χ0) is 29.0. The highest BCUT2D eigenvalue weighted by Gasteiger charge is 2.19. The van der Waals surface area contributed by atoms with Crippen molar-refractivity contribution >= 4 is 53.6 Å². The average molecular weight is 581 g/mol. The van der Waals surface area contributed by atoms with Crippen LogP contribution in [0.25, 0.3) is 87.1 Å². The van der Waals surface area contributed by atoms with Crippen molar-refractivity contribution in [3.63, 3.8) is 0 Å². The molecular weight excluding hydrogens is 557 g/mol. The summed E-state index contributed by atoms with van der Waals surface area (Å²) in [5, 5.41) is 3.57. The van der Waals surface area contributed by atoms with Crippen molar-refractivity contribution in [2.24, 2.45) is 0 Å². The highest BCUT2D eigenvalue weighted by atomic mass is 32.1. The Morgan fingerprint density at radius 3 is 2.02 bits per heavy atom. The first-order chi connectivity index (χ1) is 21.8. The number of fused-ring (bicyclic) bond motifs is 6. The molecule has 4 heteroatoms. The second-order valence-corrected chi connectivity index (χ2v) is 12.0. The Morgan fingerprint density at radius 1 is 0.477 bits per heavy atom. The van der Waals surface area contributed by atoms with Gasteiger partial charge in [0.05, 0.1) is 0 Å². The minimum Gasteiger partial charge on any atom is -0.452 e. The maximum absolute atomic E-state index is 6.44. The van der Waals surface area contributed by atoms with Gasteiger partial charge < -0.3 is 4.42 Å². The molecule has 0 radical (unpaired) electrons. The third kappa shape index (κ3) is 4.03. The van der Waals surface area contributed by atoms with Crippen molar-refractivity contribution in [2.75, 3.05) is 0 Å². The normalized spacial score (nSPS) is 11.6. The lowest BCUT2D eigenvalue weighted by atomic mass is 9.99. The first-order valence-electron chi connectivity index (χ1n) is 14.7. The Labute approximate surface area is 257 Å². The lowest BCUT2D eigenvalue weighted by molar-refractivity contribution is 0.667. The Bertz CT molecular complexity index is 2490. The first kappa shape index (κ1) is 25.0. The van der Waals surface area contributed by atoms with Crippen LogP contribution in [0.5, 0.6) is 0 Å². The maximum Gasteiger partial charge on any atom is 0.180 e. The van der Waals surface area contributed by atoms with Gasteiger partial charge in [-0.2, -0.15) is 0 Å². The number of nitrogens with zero attached hydrogens (tertiary/aromatic N) is 2. The van der Waals surface area contributed by atoms with Gasteiger partial charge in [-0.05, 0) is 46.5 Å². The summed E-state index contributed by atoms with van der Waals surface area (Å²) in [4.78, 5) is 10.2. The molecule has 0 N–H and O–H groups in total. The molecule has 0 amide bonds. The Kier molecular flexibility index (Phi) is 5.68. The summed E-state index contributed by atoms with van der Waals surface area (Å²) in [5.41, 5.74) is 9.79. The van der Waals surface area contributed by atoms with Crippen LogP contribution in [-0.4, -0.2) is 9.97 Å². The molecule has 0 spiro atoms. The molecule has 9 aromatic rings. The number of hydrogen-bond donors (Lipinski definition) is 0. The van der Waals surface area contributed by atoms with Gasteiger partial charge in [0.25, 0.3) is 0 Å². The summed E-state index contributed by atoms with van der Waals surface area (Å²) in [6.45, 7) is 0. The van der Waals surface area contributed by atoms with Crippen LogP contribution < -0.4 is 0 Å². The third-order valence-corrected chi connectivity index (χ3v) is 9.54. The van der Waals surface area contributed by atoms with Crippen LogP contribution in [0.4, 0.5) is 0 Å². The van der Waals surface area contributed by atoms with E-state index in [4.69, 9.17) is 14.4 Å². The SMILES string of the molecule is c1ccc(-c2ccc(-c3nc(-c4cccc(-c5cccc6c5sc5ccccc56)c4)c4oc5ccccc5c4n3)cc2)cc1. The third-order valence-electron chi connectivity index (χ3n) is 8.32. The monoisotopic (exact) mass is 580 g/mol. The van der Waals surface area contributed by atoms with Crippen LogP contribution in [0, 0.1) is 0 Å². The topological polar surface area (TPSA) is 38.9 Å². The quantitative estimate of drug-likeness (QED) is 0.208.